The lowest BCUT2D eigenvalue weighted by atomic mass is 10.1. The van der Waals surface area contributed by atoms with Crippen LogP contribution in [0.2, 0.25) is 0 Å². The van der Waals surface area contributed by atoms with E-state index in [4.69, 9.17) is 5.73 Å². The molecule has 0 aromatic carbocycles. The van der Waals surface area contributed by atoms with Gasteiger partial charge < -0.3 is 16.0 Å². The predicted octanol–water partition coefficient (Wildman–Crippen LogP) is 0.828. The van der Waals surface area contributed by atoms with Gasteiger partial charge in [-0.05, 0) is 11.6 Å². The fourth-order valence-electron chi connectivity index (χ4n) is 2.71. The van der Waals surface area contributed by atoms with E-state index in [2.05, 4.69) is 15.3 Å². The Bertz CT molecular complexity index is 718. The van der Waals surface area contributed by atoms with Gasteiger partial charge in [-0.1, -0.05) is 6.07 Å². The van der Waals surface area contributed by atoms with Gasteiger partial charge in [0.25, 0.3) is 0 Å². The van der Waals surface area contributed by atoms with Crippen molar-refractivity contribution in [2.24, 2.45) is 5.92 Å². The van der Waals surface area contributed by atoms with Crippen molar-refractivity contribution in [1.82, 2.24) is 20.2 Å². The first-order valence-corrected chi connectivity index (χ1v) is 8.64. The second-order valence-electron chi connectivity index (χ2n) is 5.75. The SMILES string of the molecule is Nc1nc(CCNC(=O)[C@@H]2CC(=O)N(Cc3cccnc3)C2)cs1. The molecule has 1 fully saturated rings. The standard InChI is InChI=1S/C16H19N5O2S/c17-16-20-13(10-24-16)3-5-19-15(23)12-6-14(22)21(9-12)8-11-2-1-4-18-7-11/h1-2,4,7,10,12H,3,5-6,8-9H2,(H2,17,20)(H,19,23)/t12-/m1/s1. The van der Waals surface area contributed by atoms with Crippen molar-refractivity contribution < 1.29 is 9.59 Å². The second-order valence-corrected chi connectivity index (χ2v) is 6.64. The molecule has 0 spiro atoms. The predicted molar refractivity (Wildman–Crippen MR) is 91.0 cm³/mol. The largest absolute Gasteiger partial charge is 0.375 e. The highest BCUT2D eigenvalue weighted by atomic mass is 32.1. The van der Waals surface area contributed by atoms with Crippen LogP contribution < -0.4 is 11.1 Å². The van der Waals surface area contributed by atoms with Crippen LogP contribution in [0.3, 0.4) is 0 Å². The molecule has 1 aliphatic heterocycles. The molecule has 8 heteroatoms. The Morgan fingerprint density at radius 2 is 2.38 bits per heavy atom. The zero-order valence-corrected chi connectivity index (χ0v) is 14.0. The van der Waals surface area contributed by atoms with Crippen LogP contribution in [0.4, 0.5) is 5.13 Å². The van der Waals surface area contributed by atoms with E-state index < -0.39 is 0 Å². The highest BCUT2D eigenvalue weighted by Gasteiger charge is 2.34. The number of carbonyl (C=O) groups excluding carboxylic acids is 2. The van der Waals surface area contributed by atoms with Crippen LogP contribution in [0.5, 0.6) is 0 Å². The third-order valence-electron chi connectivity index (χ3n) is 3.93. The maximum absolute atomic E-state index is 12.2. The quantitative estimate of drug-likeness (QED) is 0.807. The number of thiazole rings is 1. The lowest BCUT2D eigenvalue weighted by Gasteiger charge is -2.16. The van der Waals surface area contributed by atoms with Crippen molar-refractivity contribution in [3.05, 3.63) is 41.2 Å². The summed E-state index contributed by atoms with van der Waals surface area (Å²) in [4.78, 5) is 34.2. The average molecular weight is 345 g/mol. The summed E-state index contributed by atoms with van der Waals surface area (Å²) in [5.41, 5.74) is 7.42. The number of carbonyl (C=O) groups is 2. The van der Waals surface area contributed by atoms with Crippen molar-refractivity contribution in [1.29, 1.82) is 0 Å². The Labute approximate surface area is 143 Å². The minimum atomic E-state index is -0.297. The van der Waals surface area contributed by atoms with E-state index in [1.54, 1.807) is 17.3 Å². The lowest BCUT2D eigenvalue weighted by molar-refractivity contribution is -0.129. The van der Waals surface area contributed by atoms with Gasteiger partial charge in [0.2, 0.25) is 11.8 Å². The Kier molecular flexibility index (Phi) is 5.05. The van der Waals surface area contributed by atoms with Crippen molar-refractivity contribution in [3.8, 4) is 0 Å². The van der Waals surface area contributed by atoms with Crippen LogP contribution in [0.1, 0.15) is 17.7 Å². The van der Waals surface area contributed by atoms with Crippen molar-refractivity contribution in [3.63, 3.8) is 0 Å². The number of amides is 2. The van der Waals surface area contributed by atoms with Crippen LogP contribution in [-0.2, 0) is 22.6 Å². The normalized spacial score (nSPS) is 17.2. The molecule has 3 N–H and O–H groups in total. The molecule has 7 nitrogen and oxygen atoms in total. The third-order valence-corrected chi connectivity index (χ3v) is 4.65. The number of pyridine rings is 1. The third kappa shape index (κ3) is 4.08. The number of nitrogen functional groups attached to an aromatic ring is 1. The molecule has 1 atom stereocenters. The maximum atomic E-state index is 12.2. The lowest BCUT2D eigenvalue weighted by Crippen LogP contribution is -2.34. The molecule has 1 saturated heterocycles. The number of aromatic nitrogens is 2. The topological polar surface area (TPSA) is 101 Å². The summed E-state index contributed by atoms with van der Waals surface area (Å²) in [6.07, 6.45) is 4.33. The smallest absolute Gasteiger partial charge is 0.225 e. The number of nitrogens with zero attached hydrogens (tertiary/aromatic N) is 3. The van der Waals surface area contributed by atoms with Gasteiger partial charge in [-0.15, -0.1) is 11.3 Å². The summed E-state index contributed by atoms with van der Waals surface area (Å²) in [5.74, 6) is -0.374. The van der Waals surface area contributed by atoms with Crippen LogP contribution in [-0.4, -0.2) is 39.8 Å². The molecule has 3 heterocycles. The van der Waals surface area contributed by atoms with Crippen molar-refractivity contribution >= 4 is 28.3 Å². The zero-order chi connectivity index (χ0) is 16.9. The van der Waals surface area contributed by atoms with Crippen LogP contribution in [0.25, 0.3) is 0 Å². The molecular weight excluding hydrogens is 326 g/mol. The summed E-state index contributed by atoms with van der Waals surface area (Å²) < 4.78 is 0. The molecule has 0 unspecified atom stereocenters. The number of nitrogens with two attached hydrogens (primary N) is 1. The van der Waals surface area contributed by atoms with E-state index in [-0.39, 0.29) is 24.2 Å². The van der Waals surface area contributed by atoms with Gasteiger partial charge in [0.05, 0.1) is 11.6 Å². The fourth-order valence-corrected chi connectivity index (χ4v) is 3.31. The second kappa shape index (κ2) is 7.39. The summed E-state index contributed by atoms with van der Waals surface area (Å²) >= 11 is 1.39. The Morgan fingerprint density at radius 3 is 3.08 bits per heavy atom. The Hall–Kier alpha value is -2.48. The van der Waals surface area contributed by atoms with Gasteiger partial charge in [-0.3, -0.25) is 14.6 Å². The first-order chi connectivity index (χ1) is 11.6. The molecule has 0 bridgehead atoms. The average Bonchev–Trinajstić information content (AvgIpc) is 3.15. The summed E-state index contributed by atoms with van der Waals surface area (Å²) in [6, 6.07) is 3.76. The molecule has 24 heavy (non-hydrogen) atoms. The minimum absolute atomic E-state index is 0.00581. The molecule has 2 amide bonds. The summed E-state index contributed by atoms with van der Waals surface area (Å²) in [6.45, 7) is 1.44. The van der Waals surface area contributed by atoms with Crippen LogP contribution in [0, 0.1) is 5.92 Å². The molecule has 1 aliphatic rings. The number of hydrogen-bond acceptors (Lipinski definition) is 6. The van der Waals surface area contributed by atoms with Gasteiger partial charge in [0, 0.05) is 50.2 Å². The summed E-state index contributed by atoms with van der Waals surface area (Å²) in [7, 11) is 0. The van der Waals surface area contributed by atoms with E-state index >= 15 is 0 Å². The fraction of sp³-hybridized carbons (Fsp3) is 0.375. The molecule has 2 aromatic heterocycles. The molecular formula is C16H19N5O2S. The van der Waals surface area contributed by atoms with Gasteiger partial charge in [-0.2, -0.15) is 0 Å². The van der Waals surface area contributed by atoms with Crippen molar-refractivity contribution in [2.75, 3.05) is 18.8 Å². The zero-order valence-electron chi connectivity index (χ0n) is 13.1. The number of rotatable bonds is 6. The summed E-state index contributed by atoms with van der Waals surface area (Å²) in [5, 5.41) is 5.30. The van der Waals surface area contributed by atoms with Crippen molar-refractivity contribution in [2.45, 2.75) is 19.4 Å². The highest BCUT2D eigenvalue weighted by Crippen LogP contribution is 2.20. The monoisotopic (exact) mass is 345 g/mol. The number of likely N-dealkylation sites (tertiary alicyclic amines) is 1. The van der Waals surface area contributed by atoms with Gasteiger partial charge in [0.1, 0.15) is 0 Å². The molecule has 0 radical (unpaired) electrons. The minimum Gasteiger partial charge on any atom is -0.375 e. The van der Waals surface area contributed by atoms with Crippen LogP contribution in [0.15, 0.2) is 29.9 Å². The number of hydrogen-bond donors (Lipinski definition) is 2. The highest BCUT2D eigenvalue weighted by molar-refractivity contribution is 7.13. The van der Waals surface area contributed by atoms with E-state index in [9.17, 15) is 9.59 Å². The van der Waals surface area contributed by atoms with Gasteiger partial charge >= 0.3 is 0 Å². The van der Waals surface area contributed by atoms with Gasteiger partial charge in [-0.25, -0.2) is 4.98 Å². The van der Waals surface area contributed by atoms with E-state index in [1.807, 2.05) is 17.5 Å². The van der Waals surface area contributed by atoms with E-state index in [0.29, 0.717) is 31.2 Å². The van der Waals surface area contributed by atoms with E-state index in [0.717, 1.165) is 11.3 Å². The number of nitrogens with one attached hydrogen (secondary N) is 1. The molecule has 2 aromatic rings. The Morgan fingerprint density at radius 1 is 1.50 bits per heavy atom. The molecule has 3 rings (SSSR count). The Balaban J connectivity index is 1.47. The molecule has 126 valence electrons. The first kappa shape index (κ1) is 16.4. The molecule has 0 aliphatic carbocycles. The van der Waals surface area contributed by atoms with Crippen LogP contribution >= 0.6 is 11.3 Å². The molecule has 0 saturated carbocycles. The number of anilines is 1. The van der Waals surface area contributed by atoms with Gasteiger partial charge in [0.15, 0.2) is 5.13 Å². The first-order valence-electron chi connectivity index (χ1n) is 7.76. The van der Waals surface area contributed by atoms with E-state index in [1.165, 1.54) is 11.3 Å². The maximum Gasteiger partial charge on any atom is 0.225 e.